The van der Waals surface area contributed by atoms with Crippen molar-refractivity contribution < 1.29 is 28.7 Å². The third-order valence-electron chi connectivity index (χ3n) is 6.94. The van der Waals surface area contributed by atoms with Crippen LogP contribution in [0.1, 0.15) is 56.6 Å². The number of carbonyl (C=O) groups is 4. The third-order valence-corrected chi connectivity index (χ3v) is 6.94. The van der Waals surface area contributed by atoms with E-state index >= 15 is 0 Å². The molecule has 0 N–H and O–H groups in total. The summed E-state index contributed by atoms with van der Waals surface area (Å²) in [6, 6.07) is 4.93. The Morgan fingerprint density at radius 2 is 1.64 bits per heavy atom. The summed E-state index contributed by atoms with van der Waals surface area (Å²) in [6.45, 7) is 20.9. The average Bonchev–Trinajstić information content (AvgIpc) is 3.53. The van der Waals surface area contributed by atoms with Gasteiger partial charge in [-0.05, 0) is 51.0 Å². The molecule has 0 saturated heterocycles. The highest BCUT2D eigenvalue weighted by Gasteiger charge is 2.53. The Balaban J connectivity index is 0.000000278. The predicted octanol–water partition coefficient (Wildman–Crippen LogP) is 3.84. The number of anilines is 2. The second-order valence-electron chi connectivity index (χ2n) is 10.0. The van der Waals surface area contributed by atoms with Crippen molar-refractivity contribution in [2.75, 3.05) is 29.6 Å². The number of rotatable bonds is 6. The molecule has 44 heavy (non-hydrogen) atoms. The van der Waals surface area contributed by atoms with Crippen LogP contribution >= 0.6 is 0 Å². The lowest BCUT2D eigenvalue weighted by atomic mass is 9.90. The summed E-state index contributed by atoms with van der Waals surface area (Å²) in [5.74, 6) is -1.23. The fourth-order valence-electron chi connectivity index (χ4n) is 5.29. The van der Waals surface area contributed by atoms with Crippen molar-refractivity contribution in [3.8, 4) is 6.07 Å². The minimum atomic E-state index is -1.13. The lowest BCUT2D eigenvalue weighted by Gasteiger charge is -2.34. The highest BCUT2D eigenvalue weighted by atomic mass is 16.5. The molecule has 0 saturated carbocycles. The SMILES string of the molecule is C=CC#N.CCOC(=O)C1Cc2cc(C)ncc2N1C(C)=O.[C-]#[N+]CCC1(C(=O)OCC)Cc2cc(C)ncc2N1C(C)=O. The van der Waals surface area contributed by atoms with E-state index in [4.69, 9.17) is 21.3 Å². The Morgan fingerprint density at radius 3 is 2.14 bits per heavy atom. The maximum Gasteiger partial charge on any atom is 0.333 e. The number of aryl methyl sites for hydroxylation is 2. The Labute approximate surface area is 258 Å². The molecule has 2 aliphatic rings. The summed E-state index contributed by atoms with van der Waals surface area (Å²) in [5.41, 5.74) is 3.78. The summed E-state index contributed by atoms with van der Waals surface area (Å²) in [5, 5.41) is 7.51. The number of nitrogens with zero attached hydrogens (tertiary/aromatic N) is 6. The topological polar surface area (TPSA) is 147 Å². The number of allylic oxidation sites excluding steroid dienone is 1. The number of aromatic nitrogens is 2. The number of esters is 2. The third kappa shape index (κ3) is 7.84. The number of carbonyl (C=O) groups excluding carboxylic acids is 4. The van der Waals surface area contributed by atoms with Crippen LogP contribution < -0.4 is 9.80 Å². The highest BCUT2D eigenvalue weighted by molar-refractivity contribution is 6.04. The lowest BCUT2D eigenvalue weighted by Crippen LogP contribution is -2.56. The van der Waals surface area contributed by atoms with E-state index < -0.39 is 17.6 Å². The van der Waals surface area contributed by atoms with Gasteiger partial charge in [0, 0.05) is 44.2 Å². The first-order valence-electron chi connectivity index (χ1n) is 14.1. The smallest absolute Gasteiger partial charge is 0.333 e. The van der Waals surface area contributed by atoms with Gasteiger partial charge in [0.2, 0.25) is 18.4 Å². The monoisotopic (exact) mass is 602 g/mol. The van der Waals surface area contributed by atoms with Crippen LogP contribution in [0, 0.1) is 31.8 Å². The van der Waals surface area contributed by atoms with Crippen molar-refractivity contribution in [2.24, 2.45) is 0 Å². The van der Waals surface area contributed by atoms with Crippen LogP contribution in [-0.2, 0) is 41.5 Å². The van der Waals surface area contributed by atoms with Crippen molar-refractivity contribution in [3.05, 3.63) is 71.1 Å². The number of ether oxygens (including phenoxy) is 2. The minimum absolute atomic E-state index is 0.156. The van der Waals surface area contributed by atoms with Crippen LogP contribution in [0.4, 0.5) is 11.4 Å². The minimum Gasteiger partial charge on any atom is -0.464 e. The van der Waals surface area contributed by atoms with Gasteiger partial charge in [-0.25, -0.2) is 16.2 Å². The molecule has 0 bridgehead atoms. The molecule has 12 nitrogen and oxygen atoms in total. The van der Waals surface area contributed by atoms with Gasteiger partial charge in [-0.1, -0.05) is 6.58 Å². The zero-order valence-electron chi connectivity index (χ0n) is 26.0. The highest BCUT2D eigenvalue weighted by Crippen LogP contribution is 2.42. The molecule has 0 radical (unpaired) electrons. The van der Waals surface area contributed by atoms with E-state index in [2.05, 4.69) is 21.4 Å². The zero-order valence-corrected chi connectivity index (χ0v) is 26.0. The Kier molecular flexibility index (Phi) is 12.7. The first-order chi connectivity index (χ1) is 20.9. The van der Waals surface area contributed by atoms with Gasteiger partial charge in [-0.2, -0.15) is 5.26 Å². The number of hydrogen-bond acceptors (Lipinski definition) is 9. The van der Waals surface area contributed by atoms with E-state index in [-0.39, 0.29) is 37.4 Å². The van der Waals surface area contributed by atoms with Crippen molar-refractivity contribution in [2.45, 2.75) is 72.4 Å². The summed E-state index contributed by atoms with van der Waals surface area (Å²) < 4.78 is 10.2. The molecule has 2 amide bonds. The van der Waals surface area contributed by atoms with Crippen molar-refractivity contribution >= 4 is 35.1 Å². The molecule has 12 heteroatoms. The molecular weight excluding hydrogens is 564 g/mol. The van der Waals surface area contributed by atoms with E-state index in [0.29, 0.717) is 30.8 Å². The van der Waals surface area contributed by atoms with E-state index in [9.17, 15) is 19.2 Å². The first kappa shape index (κ1) is 35.1. The van der Waals surface area contributed by atoms with Crippen LogP contribution in [0.5, 0.6) is 0 Å². The molecule has 0 aliphatic carbocycles. The largest absolute Gasteiger partial charge is 0.464 e. The summed E-state index contributed by atoms with van der Waals surface area (Å²) >= 11 is 0. The van der Waals surface area contributed by atoms with Gasteiger partial charge in [-0.3, -0.25) is 29.4 Å². The number of amides is 2. The van der Waals surface area contributed by atoms with Gasteiger partial charge >= 0.3 is 11.9 Å². The summed E-state index contributed by atoms with van der Waals surface area (Å²) in [7, 11) is 0. The molecule has 0 aromatic carbocycles. The van der Waals surface area contributed by atoms with Crippen LogP contribution in [-0.4, -0.2) is 65.1 Å². The number of fused-ring (bicyclic) bond motifs is 2. The molecule has 232 valence electrons. The Bertz CT molecular complexity index is 1490. The molecular formula is C32H38N6O6. The molecule has 2 aromatic heterocycles. The van der Waals surface area contributed by atoms with Crippen LogP contribution in [0.25, 0.3) is 4.85 Å². The fourth-order valence-corrected chi connectivity index (χ4v) is 5.29. The first-order valence-corrected chi connectivity index (χ1v) is 14.1. The molecule has 4 rings (SSSR count). The van der Waals surface area contributed by atoms with Gasteiger partial charge in [0.25, 0.3) is 0 Å². The quantitative estimate of drug-likeness (QED) is 0.273. The van der Waals surface area contributed by atoms with E-state index in [1.165, 1.54) is 29.7 Å². The Morgan fingerprint density at radius 1 is 1.07 bits per heavy atom. The number of nitriles is 1. The van der Waals surface area contributed by atoms with E-state index in [1.807, 2.05) is 26.0 Å². The van der Waals surface area contributed by atoms with Gasteiger partial charge < -0.3 is 14.3 Å². The van der Waals surface area contributed by atoms with E-state index in [0.717, 1.165) is 22.5 Å². The molecule has 4 heterocycles. The zero-order chi connectivity index (χ0) is 33.0. The molecule has 2 atom stereocenters. The Hall–Kier alpha value is -5.10. The van der Waals surface area contributed by atoms with Crippen molar-refractivity contribution in [1.29, 1.82) is 5.26 Å². The maximum absolute atomic E-state index is 12.6. The van der Waals surface area contributed by atoms with Crippen LogP contribution in [0.3, 0.4) is 0 Å². The van der Waals surface area contributed by atoms with Gasteiger partial charge in [-0.15, -0.1) is 0 Å². The predicted molar refractivity (Wildman–Crippen MR) is 163 cm³/mol. The fraction of sp³-hybridized carbons (Fsp3) is 0.438. The van der Waals surface area contributed by atoms with E-state index in [1.54, 1.807) is 32.3 Å². The average molecular weight is 603 g/mol. The molecule has 0 fully saturated rings. The summed E-state index contributed by atoms with van der Waals surface area (Å²) in [6.07, 6.45) is 5.55. The lowest BCUT2D eigenvalue weighted by molar-refractivity contribution is -0.151. The second-order valence-corrected chi connectivity index (χ2v) is 10.0. The molecule has 2 aromatic rings. The standard InChI is InChI=1S/C16H19N3O3.C13H16N2O3.C3H3N/c1-5-22-15(21)16(6-7-17-4)9-13-8-11(2)18-10-14(13)19(16)12(3)20;1-4-18-13(17)11-6-10-5-8(2)14-7-12(10)15(11)9(3)16;1-2-3-4/h8,10H,5-7,9H2,1-3H3;5,7,11H,4,6H2,1-3H3;2H,1H2. The number of pyridine rings is 2. The second kappa shape index (κ2) is 15.9. The van der Waals surface area contributed by atoms with Gasteiger partial charge in [0.15, 0.2) is 5.54 Å². The molecule has 2 aliphatic heterocycles. The molecule has 2 unspecified atom stereocenters. The normalized spacial score (nSPS) is 17.2. The van der Waals surface area contributed by atoms with Gasteiger partial charge in [0.05, 0.1) is 49.5 Å². The molecule has 0 spiro atoms. The number of hydrogen-bond donors (Lipinski definition) is 0. The summed E-state index contributed by atoms with van der Waals surface area (Å²) in [4.78, 5) is 63.1. The van der Waals surface area contributed by atoms with Gasteiger partial charge in [0.1, 0.15) is 6.04 Å². The van der Waals surface area contributed by atoms with Crippen molar-refractivity contribution in [3.63, 3.8) is 0 Å². The maximum atomic E-state index is 12.6. The van der Waals surface area contributed by atoms with Crippen LogP contribution in [0.2, 0.25) is 0 Å². The van der Waals surface area contributed by atoms with Crippen LogP contribution in [0.15, 0.2) is 37.2 Å². The van der Waals surface area contributed by atoms with Crippen molar-refractivity contribution in [1.82, 2.24) is 9.97 Å².